The van der Waals surface area contributed by atoms with Crippen LogP contribution in [0.2, 0.25) is 0 Å². The van der Waals surface area contributed by atoms with Gasteiger partial charge in [0.05, 0.1) is 16.6 Å². The highest BCUT2D eigenvalue weighted by atomic mass is 19.1. The van der Waals surface area contributed by atoms with E-state index in [9.17, 15) is 23.6 Å². The number of aryl methyl sites for hydroxylation is 1. The molecule has 0 aliphatic carbocycles. The van der Waals surface area contributed by atoms with Gasteiger partial charge < -0.3 is 10.6 Å². The molecule has 1 atom stereocenters. The topological polar surface area (TPSA) is 120 Å². The van der Waals surface area contributed by atoms with Crippen LogP contribution in [0.4, 0.5) is 10.1 Å². The van der Waals surface area contributed by atoms with Crippen LogP contribution in [0.25, 0.3) is 16.7 Å². The van der Waals surface area contributed by atoms with Crippen molar-refractivity contribution in [1.29, 1.82) is 0 Å². The van der Waals surface area contributed by atoms with Crippen LogP contribution in [-0.2, 0) is 22.7 Å². The van der Waals surface area contributed by atoms with Crippen molar-refractivity contribution in [2.45, 2.75) is 45.8 Å². The Balaban J connectivity index is 1.72. The number of amides is 2. The highest BCUT2D eigenvalue weighted by Gasteiger charge is 2.19. The van der Waals surface area contributed by atoms with Gasteiger partial charge in [-0.1, -0.05) is 31.2 Å². The molecule has 35 heavy (non-hydrogen) atoms. The van der Waals surface area contributed by atoms with Gasteiger partial charge in [-0.2, -0.15) is 0 Å². The van der Waals surface area contributed by atoms with E-state index >= 15 is 0 Å². The Morgan fingerprint density at radius 2 is 1.77 bits per heavy atom. The SMILES string of the molecule is CCC(C)NC(=O)CCn1c(=O)c2ccccc2n2c(=O)n(CC(=O)Nc3ccccc3F)nc12. The molecule has 0 fully saturated rings. The summed E-state index contributed by atoms with van der Waals surface area (Å²) in [5.41, 5.74) is -0.738. The first-order valence-electron chi connectivity index (χ1n) is 11.2. The van der Waals surface area contributed by atoms with Crippen LogP contribution < -0.4 is 21.9 Å². The average Bonchev–Trinajstić information content (AvgIpc) is 3.16. The molecule has 182 valence electrons. The molecule has 2 N–H and O–H groups in total. The molecule has 2 amide bonds. The third kappa shape index (κ3) is 4.84. The van der Waals surface area contributed by atoms with Crippen LogP contribution in [0.15, 0.2) is 58.1 Å². The Morgan fingerprint density at radius 3 is 2.51 bits per heavy atom. The first kappa shape index (κ1) is 23.9. The molecule has 0 aliphatic rings. The van der Waals surface area contributed by atoms with Gasteiger partial charge in [0.2, 0.25) is 17.6 Å². The zero-order chi connectivity index (χ0) is 25.1. The molecular formula is C24H25FN6O4. The largest absolute Gasteiger partial charge is 0.354 e. The lowest BCUT2D eigenvalue weighted by atomic mass is 10.2. The van der Waals surface area contributed by atoms with E-state index in [2.05, 4.69) is 15.7 Å². The van der Waals surface area contributed by atoms with Crippen molar-refractivity contribution in [1.82, 2.24) is 24.1 Å². The smallest absolute Gasteiger partial charge is 0.352 e. The number of fused-ring (bicyclic) bond motifs is 3. The predicted molar refractivity (Wildman–Crippen MR) is 129 cm³/mol. The molecule has 4 rings (SSSR count). The minimum atomic E-state index is -0.660. The summed E-state index contributed by atoms with van der Waals surface area (Å²) in [5, 5.41) is 9.76. The van der Waals surface area contributed by atoms with Crippen molar-refractivity contribution in [2.24, 2.45) is 0 Å². The lowest BCUT2D eigenvalue weighted by Crippen LogP contribution is -2.34. The summed E-state index contributed by atoms with van der Waals surface area (Å²) in [6, 6.07) is 12.2. The number of benzene rings is 2. The number of hydrogen-bond acceptors (Lipinski definition) is 5. The highest BCUT2D eigenvalue weighted by molar-refractivity contribution is 5.90. The summed E-state index contributed by atoms with van der Waals surface area (Å²) in [6.45, 7) is 3.33. The second kappa shape index (κ2) is 9.92. The van der Waals surface area contributed by atoms with Crippen molar-refractivity contribution in [3.05, 3.63) is 75.2 Å². The molecule has 11 heteroatoms. The third-order valence-electron chi connectivity index (χ3n) is 5.71. The first-order valence-corrected chi connectivity index (χ1v) is 11.2. The van der Waals surface area contributed by atoms with Gasteiger partial charge in [-0.15, -0.1) is 5.10 Å². The molecule has 2 aromatic carbocycles. The van der Waals surface area contributed by atoms with Crippen molar-refractivity contribution in [3.63, 3.8) is 0 Å². The number of nitrogens with one attached hydrogen (secondary N) is 2. The molecule has 0 saturated carbocycles. The lowest BCUT2D eigenvalue weighted by Gasteiger charge is -2.12. The van der Waals surface area contributed by atoms with Crippen molar-refractivity contribution < 1.29 is 14.0 Å². The summed E-state index contributed by atoms with van der Waals surface area (Å²) in [4.78, 5) is 51.2. The number of aromatic nitrogens is 4. The molecule has 4 aromatic rings. The maximum Gasteiger partial charge on any atom is 0.352 e. The van der Waals surface area contributed by atoms with Crippen molar-refractivity contribution in [2.75, 3.05) is 5.32 Å². The zero-order valence-electron chi connectivity index (χ0n) is 19.3. The monoisotopic (exact) mass is 480 g/mol. The van der Waals surface area contributed by atoms with Crippen LogP contribution in [0.3, 0.4) is 0 Å². The van der Waals surface area contributed by atoms with E-state index in [-0.39, 0.29) is 41.8 Å². The number of carbonyl (C=O) groups excluding carboxylic acids is 2. The van der Waals surface area contributed by atoms with E-state index in [0.717, 1.165) is 11.1 Å². The fourth-order valence-corrected chi connectivity index (χ4v) is 3.72. The van der Waals surface area contributed by atoms with E-state index < -0.39 is 29.5 Å². The summed E-state index contributed by atoms with van der Waals surface area (Å²) < 4.78 is 17.3. The second-order valence-electron chi connectivity index (χ2n) is 8.20. The summed E-state index contributed by atoms with van der Waals surface area (Å²) in [6.07, 6.45) is 0.772. The Bertz CT molecular complexity index is 1540. The molecule has 2 heterocycles. The Labute approximate surface area is 199 Å². The molecule has 0 radical (unpaired) electrons. The standard InChI is InChI=1S/C24H25FN6O4/c1-3-15(2)26-20(32)12-13-29-22(34)16-8-4-7-11-19(16)31-23(29)28-30(24(31)35)14-21(33)27-18-10-6-5-9-17(18)25/h4-11,15H,3,12-14H2,1-2H3,(H,26,32)(H,27,33). The van der Waals surface area contributed by atoms with E-state index in [1.807, 2.05) is 13.8 Å². The number of nitrogens with zero attached hydrogens (tertiary/aromatic N) is 4. The number of carbonyl (C=O) groups is 2. The fraction of sp³-hybridized carbons (Fsp3) is 0.292. The summed E-state index contributed by atoms with van der Waals surface area (Å²) in [5.74, 6) is -1.50. The van der Waals surface area contributed by atoms with Crippen LogP contribution in [0, 0.1) is 5.82 Å². The summed E-state index contributed by atoms with van der Waals surface area (Å²) >= 11 is 0. The molecule has 0 aliphatic heterocycles. The third-order valence-corrected chi connectivity index (χ3v) is 5.71. The van der Waals surface area contributed by atoms with Gasteiger partial charge in [0.15, 0.2) is 0 Å². The lowest BCUT2D eigenvalue weighted by molar-refractivity contribution is -0.122. The van der Waals surface area contributed by atoms with Gasteiger partial charge in [0.1, 0.15) is 12.4 Å². The number of rotatable bonds is 8. The maximum atomic E-state index is 13.9. The highest BCUT2D eigenvalue weighted by Crippen LogP contribution is 2.13. The van der Waals surface area contributed by atoms with Gasteiger partial charge in [0.25, 0.3) is 5.56 Å². The van der Waals surface area contributed by atoms with Gasteiger partial charge in [-0.05, 0) is 37.6 Å². The number of para-hydroxylation sites is 2. The normalized spacial score (nSPS) is 12.1. The van der Waals surface area contributed by atoms with Gasteiger partial charge in [-0.3, -0.25) is 19.0 Å². The molecule has 2 aromatic heterocycles. The van der Waals surface area contributed by atoms with Crippen LogP contribution in [0.5, 0.6) is 0 Å². The van der Waals surface area contributed by atoms with Crippen LogP contribution in [0.1, 0.15) is 26.7 Å². The minimum Gasteiger partial charge on any atom is -0.354 e. The molecule has 10 nitrogen and oxygen atoms in total. The second-order valence-corrected chi connectivity index (χ2v) is 8.20. The molecular weight excluding hydrogens is 455 g/mol. The van der Waals surface area contributed by atoms with E-state index in [1.54, 1.807) is 30.3 Å². The molecule has 0 saturated heterocycles. The van der Waals surface area contributed by atoms with Crippen LogP contribution >= 0.6 is 0 Å². The molecule has 0 spiro atoms. The molecule has 1 unspecified atom stereocenters. The van der Waals surface area contributed by atoms with Gasteiger partial charge in [0, 0.05) is 19.0 Å². The van der Waals surface area contributed by atoms with E-state index in [0.29, 0.717) is 5.52 Å². The first-order chi connectivity index (χ1) is 16.8. The van der Waals surface area contributed by atoms with Gasteiger partial charge in [-0.25, -0.2) is 18.3 Å². The fourth-order valence-electron chi connectivity index (χ4n) is 3.72. The quantitative estimate of drug-likeness (QED) is 0.399. The average molecular weight is 481 g/mol. The predicted octanol–water partition coefficient (Wildman–Crippen LogP) is 1.89. The van der Waals surface area contributed by atoms with E-state index in [1.165, 1.54) is 27.2 Å². The van der Waals surface area contributed by atoms with Crippen LogP contribution in [-0.4, -0.2) is 36.6 Å². The number of anilines is 1. The maximum absolute atomic E-state index is 13.9. The Kier molecular flexibility index (Phi) is 6.76. The summed E-state index contributed by atoms with van der Waals surface area (Å²) in [7, 11) is 0. The van der Waals surface area contributed by atoms with Crippen molar-refractivity contribution >= 4 is 34.2 Å². The van der Waals surface area contributed by atoms with Crippen molar-refractivity contribution in [3.8, 4) is 0 Å². The zero-order valence-corrected chi connectivity index (χ0v) is 19.3. The van der Waals surface area contributed by atoms with Gasteiger partial charge >= 0.3 is 5.69 Å². The Hall–Kier alpha value is -4.28. The Morgan fingerprint density at radius 1 is 1.06 bits per heavy atom. The number of halogens is 1. The van der Waals surface area contributed by atoms with E-state index in [4.69, 9.17) is 0 Å². The minimum absolute atomic E-state index is 0.00664. The molecule has 0 bridgehead atoms. The number of hydrogen-bond donors (Lipinski definition) is 2.